The third-order valence-corrected chi connectivity index (χ3v) is 5.72. The zero-order valence-electron chi connectivity index (χ0n) is 17.6. The summed E-state index contributed by atoms with van der Waals surface area (Å²) in [7, 11) is 0. The number of halogens is 1. The number of nitrogens with one attached hydrogen (secondary N) is 3. The van der Waals surface area contributed by atoms with Gasteiger partial charge in [-0.3, -0.25) is 14.4 Å². The smallest absolute Gasteiger partial charge is 0.268 e. The Labute approximate surface area is 190 Å². The largest absolute Gasteiger partial charge is 0.352 e. The highest BCUT2D eigenvalue weighted by Crippen LogP contribution is 2.19. The van der Waals surface area contributed by atoms with Gasteiger partial charge in [-0.1, -0.05) is 41.9 Å². The summed E-state index contributed by atoms with van der Waals surface area (Å²) in [4.78, 5) is 46.4. The Kier molecular flexibility index (Phi) is 6.41. The van der Waals surface area contributed by atoms with Crippen LogP contribution >= 0.6 is 11.6 Å². The highest BCUT2D eigenvalue weighted by molar-refractivity contribution is 6.30. The quantitative estimate of drug-likeness (QED) is 0.498. The molecule has 3 N–H and O–H groups in total. The Hall–Kier alpha value is -3.39. The lowest BCUT2D eigenvalue weighted by Gasteiger charge is -2.24. The molecule has 3 amide bonds. The number of aromatic nitrogens is 2. The van der Waals surface area contributed by atoms with E-state index in [1.807, 2.05) is 30.3 Å². The molecule has 0 saturated carbocycles. The third-order valence-electron chi connectivity index (χ3n) is 5.51. The molecule has 1 aromatic carbocycles. The van der Waals surface area contributed by atoms with E-state index in [0.717, 1.165) is 10.9 Å². The summed E-state index contributed by atoms with van der Waals surface area (Å²) in [5.74, 6) is -0.674. The van der Waals surface area contributed by atoms with Crippen LogP contribution in [0.3, 0.4) is 0 Å². The number of fused-ring (bicyclic) bond motifs is 1. The second-order valence-electron chi connectivity index (χ2n) is 7.96. The van der Waals surface area contributed by atoms with E-state index >= 15 is 0 Å². The number of benzene rings is 1. The van der Waals surface area contributed by atoms with Crippen LogP contribution in [0.25, 0.3) is 10.9 Å². The van der Waals surface area contributed by atoms with E-state index in [-0.39, 0.29) is 23.8 Å². The van der Waals surface area contributed by atoms with Gasteiger partial charge in [-0.2, -0.15) is 0 Å². The fourth-order valence-electron chi connectivity index (χ4n) is 4.00. The Morgan fingerprint density at radius 1 is 1.25 bits per heavy atom. The number of aromatic amines is 1. The molecule has 0 radical (unpaired) electrons. The number of nitrogens with zero attached hydrogens (tertiary/aromatic N) is 2. The summed E-state index contributed by atoms with van der Waals surface area (Å²) >= 11 is 5.94. The zero-order chi connectivity index (χ0) is 22.7. The van der Waals surface area contributed by atoms with Crippen LogP contribution in [-0.2, 0) is 16.0 Å². The second kappa shape index (κ2) is 9.40. The van der Waals surface area contributed by atoms with Crippen molar-refractivity contribution < 1.29 is 14.4 Å². The van der Waals surface area contributed by atoms with Gasteiger partial charge in [-0.25, -0.2) is 4.98 Å². The topological polar surface area (TPSA) is 107 Å². The highest BCUT2D eigenvalue weighted by atomic mass is 35.5. The van der Waals surface area contributed by atoms with E-state index in [2.05, 4.69) is 20.6 Å². The summed E-state index contributed by atoms with van der Waals surface area (Å²) in [5.41, 5.74) is 1.95. The van der Waals surface area contributed by atoms with E-state index in [0.29, 0.717) is 42.3 Å². The van der Waals surface area contributed by atoms with Crippen molar-refractivity contribution in [1.82, 2.24) is 25.5 Å². The van der Waals surface area contributed by atoms with Crippen molar-refractivity contribution in [3.05, 3.63) is 65.1 Å². The predicted octanol–water partition coefficient (Wildman–Crippen LogP) is 2.29. The van der Waals surface area contributed by atoms with Crippen LogP contribution in [0.4, 0.5) is 0 Å². The van der Waals surface area contributed by atoms with Gasteiger partial charge in [0.1, 0.15) is 16.9 Å². The summed E-state index contributed by atoms with van der Waals surface area (Å²) in [6.07, 6.45) is 2.61. The Morgan fingerprint density at radius 2 is 2.03 bits per heavy atom. The molecule has 166 valence electrons. The van der Waals surface area contributed by atoms with E-state index < -0.39 is 6.04 Å². The van der Waals surface area contributed by atoms with Crippen LogP contribution < -0.4 is 10.6 Å². The molecule has 3 heterocycles. The van der Waals surface area contributed by atoms with E-state index in [1.54, 1.807) is 23.2 Å². The Morgan fingerprint density at radius 3 is 2.78 bits per heavy atom. The maximum absolute atomic E-state index is 13.3. The molecule has 2 aromatic heterocycles. The molecule has 1 fully saturated rings. The minimum absolute atomic E-state index is 0.0736. The van der Waals surface area contributed by atoms with E-state index in [9.17, 15) is 14.4 Å². The minimum atomic E-state index is -0.742. The molecule has 0 unspecified atom stereocenters. The molecule has 1 aliphatic rings. The number of hydrogen-bond donors (Lipinski definition) is 3. The molecule has 32 heavy (non-hydrogen) atoms. The van der Waals surface area contributed by atoms with Crippen molar-refractivity contribution in [3.8, 4) is 0 Å². The van der Waals surface area contributed by atoms with Crippen molar-refractivity contribution in [3.63, 3.8) is 0 Å². The van der Waals surface area contributed by atoms with Gasteiger partial charge in [0.15, 0.2) is 0 Å². The monoisotopic (exact) mass is 453 g/mol. The first kappa shape index (κ1) is 21.8. The van der Waals surface area contributed by atoms with Gasteiger partial charge in [-0.05, 0) is 24.1 Å². The van der Waals surface area contributed by atoms with Crippen molar-refractivity contribution in [2.45, 2.75) is 31.8 Å². The van der Waals surface area contributed by atoms with Crippen LogP contribution in [-0.4, -0.2) is 57.8 Å². The fourth-order valence-corrected chi connectivity index (χ4v) is 4.17. The predicted molar refractivity (Wildman–Crippen MR) is 121 cm³/mol. The van der Waals surface area contributed by atoms with Crippen molar-refractivity contribution in [2.24, 2.45) is 0 Å². The SMILES string of the molecule is CC(=O)N[C@H]1CCN(C(=O)[C@H](Cc2ccccc2)NC(=O)c2cc3cc(Cl)ncc3[nH]2)C1. The lowest BCUT2D eigenvalue weighted by atomic mass is 10.0. The van der Waals surface area contributed by atoms with Crippen LogP contribution in [0.2, 0.25) is 5.15 Å². The molecule has 1 aliphatic heterocycles. The fraction of sp³-hybridized carbons (Fsp3) is 0.304. The number of rotatable bonds is 6. The van der Waals surface area contributed by atoms with Gasteiger partial charge in [-0.15, -0.1) is 0 Å². The summed E-state index contributed by atoms with van der Waals surface area (Å²) in [6, 6.07) is 12.1. The first-order chi connectivity index (χ1) is 15.4. The average molecular weight is 454 g/mol. The van der Waals surface area contributed by atoms with Gasteiger partial charge in [0.25, 0.3) is 5.91 Å². The van der Waals surface area contributed by atoms with Crippen molar-refractivity contribution >= 4 is 40.2 Å². The van der Waals surface area contributed by atoms with E-state index in [1.165, 1.54) is 6.92 Å². The molecule has 0 bridgehead atoms. The minimum Gasteiger partial charge on any atom is -0.352 e. The number of carbonyl (C=O) groups is 3. The summed E-state index contributed by atoms with van der Waals surface area (Å²) in [5, 5.41) is 6.85. The lowest BCUT2D eigenvalue weighted by molar-refractivity contribution is -0.132. The summed E-state index contributed by atoms with van der Waals surface area (Å²) < 4.78 is 0. The van der Waals surface area contributed by atoms with Gasteiger partial charge < -0.3 is 20.5 Å². The molecule has 2 atom stereocenters. The van der Waals surface area contributed by atoms with Crippen molar-refractivity contribution in [2.75, 3.05) is 13.1 Å². The lowest BCUT2D eigenvalue weighted by Crippen LogP contribution is -2.50. The molecule has 1 saturated heterocycles. The Bertz CT molecular complexity index is 1150. The van der Waals surface area contributed by atoms with Gasteiger partial charge in [0.05, 0.1) is 11.7 Å². The van der Waals surface area contributed by atoms with Crippen LogP contribution in [0.15, 0.2) is 48.7 Å². The maximum atomic E-state index is 13.3. The van der Waals surface area contributed by atoms with Gasteiger partial charge in [0.2, 0.25) is 11.8 Å². The highest BCUT2D eigenvalue weighted by Gasteiger charge is 2.32. The number of likely N-dealkylation sites (tertiary alicyclic amines) is 1. The van der Waals surface area contributed by atoms with Crippen LogP contribution in [0, 0.1) is 0 Å². The molecular formula is C23H24ClN5O3. The third kappa shape index (κ3) is 5.08. The number of pyridine rings is 1. The van der Waals surface area contributed by atoms with Crippen molar-refractivity contribution in [1.29, 1.82) is 0 Å². The standard InChI is InChI=1S/C23H24ClN5O3/c1-14(30)26-17-7-8-29(13-17)23(32)19(9-15-5-3-2-4-6-15)28-22(31)18-10-16-11-21(24)25-12-20(16)27-18/h2-6,10-12,17,19,27H,7-9,13H2,1H3,(H,26,30)(H,28,31)/t17-,19-/m0/s1. The summed E-state index contributed by atoms with van der Waals surface area (Å²) in [6.45, 7) is 2.42. The zero-order valence-corrected chi connectivity index (χ0v) is 18.4. The van der Waals surface area contributed by atoms with Gasteiger partial charge in [0, 0.05) is 37.9 Å². The van der Waals surface area contributed by atoms with Crippen LogP contribution in [0.5, 0.6) is 0 Å². The second-order valence-corrected chi connectivity index (χ2v) is 8.35. The molecule has 0 spiro atoms. The van der Waals surface area contributed by atoms with Gasteiger partial charge >= 0.3 is 0 Å². The molecule has 4 rings (SSSR count). The molecule has 9 heteroatoms. The Balaban J connectivity index is 1.52. The molecule has 3 aromatic rings. The first-order valence-electron chi connectivity index (χ1n) is 10.4. The molecular weight excluding hydrogens is 430 g/mol. The molecule has 8 nitrogen and oxygen atoms in total. The normalized spacial score (nSPS) is 16.7. The number of H-pyrrole nitrogens is 1. The number of amides is 3. The first-order valence-corrected chi connectivity index (χ1v) is 10.8. The van der Waals surface area contributed by atoms with Crippen LogP contribution in [0.1, 0.15) is 29.4 Å². The molecule has 0 aliphatic carbocycles. The average Bonchev–Trinajstić information content (AvgIpc) is 3.39. The van der Waals surface area contributed by atoms with E-state index in [4.69, 9.17) is 11.6 Å². The number of carbonyl (C=O) groups excluding carboxylic acids is 3. The number of hydrogen-bond acceptors (Lipinski definition) is 4. The maximum Gasteiger partial charge on any atom is 0.268 e.